The summed E-state index contributed by atoms with van der Waals surface area (Å²) >= 11 is 17.6. The zero-order chi connectivity index (χ0) is 14.7. The summed E-state index contributed by atoms with van der Waals surface area (Å²) < 4.78 is 10.0. The molecule has 1 aromatic carbocycles. The van der Waals surface area contributed by atoms with Gasteiger partial charge in [-0.3, -0.25) is 0 Å². The van der Waals surface area contributed by atoms with Crippen LogP contribution in [-0.2, 0) is 11.3 Å². The van der Waals surface area contributed by atoms with Crippen LogP contribution >= 0.6 is 79.6 Å². The largest absolute Gasteiger partial charge is 0.368 e. The second-order valence-electron chi connectivity index (χ2n) is 4.14. The van der Waals surface area contributed by atoms with Crippen LogP contribution in [0.4, 0.5) is 0 Å². The Morgan fingerprint density at radius 3 is 1.79 bits per heavy atom. The molecule has 0 bridgehead atoms. The summed E-state index contributed by atoms with van der Waals surface area (Å²) in [6, 6.07) is 0. The van der Waals surface area contributed by atoms with Gasteiger partial charge in [0.05, 0.1) is 6.61 Å². The Kier molecular flexibility index (Phi) is 8.07. The zero-order valence-corrected chi connectivity index (χ0v) is 18.2. The molecule has 1 N–H and O–H groups in total. The van der Waals surface area contributed by atoms with Gasteiger partial charge >= 0.3 is 0 Å². The van der Waals surface area contributed by atoms with Gasteiger partial charge < -0.3 is 9.84 Å². The van der Waals surface area contributed by atoms with Crippen LogP contribution in [0.1, 0.15) is 25.8 Å². The predicted molar refractivity (Wildman–Crippen MR) is 95.2 cm³/mol. The Balaban J connectivity index is 2.97. The van der Waals surface area contributed by atoms with Gasteiger partial charge in [0.15, 0.2) is 6.29 Å². The molecule has 0 aliphatic rings. The van der Waals surface area contributed by atoms with Crippen LogP contribution in [0.5, 0.6) is 0 Å². The van der Waals surface area contributed by atoms with Crippen molar-refractivity contribution < 1.29 is 9.84 Å². The van der Waals surface area contributed by atoms with Gasteiger partial charge in [0, 0.05) is 33.8 Å². The third-order valence-corrected chi connectivity index (χ3v) is 9.09. The minimum atomic E-state index is -0.759. The van der Waals surface area contributed by atoms with Gasteiger partial charge in [-0.15, -0.1) is 0 Å². The lowest BCUT2D eigenvalue weighted by atomic mass is 10.1. The molecule has 7 heteroatoms. The summed E-state index contributed by atoms with van der Waals surface area (Å²) in [5.74, 6) is 0.111. The van der Waals surface area contributed by atoms with Gasteiger partial charge in [0.2, 0.25) is 0 Å². The molecule has 0 saturated heterocycles. The Morgan fingerprint density at radius 1 is 0.947 bits per heavy atom. The highest BCUT2D eigenvalue weighted by Gasteiger charge is 2.19. The van der Waals surface area contributed by atoms with Crippen LogP contribution in [0.15, 0.2) is 22.4 Å². The summed E-state index contributed by atoms with van der Waals surface area (Å²) in [6.45, 7) is 4.30. The molecule has 1 rings (SSSR count). The first-order valence-corrected chi connectivity index (χ1v) is 9.57. The summed E-state index contributed by atoms with van der Waals surface area (Å²) in [5, 5.41) is 9.87. The van der Waals surface area contributed by atoms with Crippen molar-refractivity contribution in [2.75, 3.05) is 0 Å². The van der Waals surface area contributed by atoms with Crippen LogP contribution in [0.25, 0.3) is 0 Å². The molecule has 2 nitrogen and oxygen atoms in total. The third kappa shape index (κ3) is 4.50. The Bertz CT molecular complexity index is 435. The Labute approximate surface area is 155 Å². The highest BCUT2D eigenvalue weighted by molar-refractivity contribution is 9.15. The van der Waals surface area contributed by atoms with E-state index in [1.807, 2.05) is 13.8 Å². The molecule has 0 fully saturated rings. The number of ether oxygens (including phenoxy) is 1. The van der Waals surface area contributed by atoms with Crippen molar-refractivity contribution in [3.63, 3.8) is 0 Å². The third-order valence-electron chi connectivity index (χ3n) is 2.83. The first kappa shape index (κ1) is 18.6. The maximum absolute atomic E-state index is 9.87. The van der Waals surface area contributed by atoms with Crippen LogP contribution < -0.4 is 0 Å². The molecule has 2 unspecified atom stereocenters. The number of aliphatic hydroxyl groups excluding tert-OH is 1. The van der Waals surface area contributed by atoms with Crippen molar-refractivity contribution in [3.8, 4) is 0 Å². The van der Waals surface area contributed by atoms with Crippen LogP contribution in [0, 0.1) is 5.92 Å². The number of aliphatic hydroxyl groups is 1. The highest BCUT2D eigenvalue weighted by Crippen LogP contribution is 2.44. The van der Waals surface area contributed by atoms with Crippen molar-refractivity contribution in [2.45, 2.75) is 33.2 Å². The van der Waals surface area contributed by atoms with E-state index in [9.17, 15) is 5.11 Å². The van der Waals surface area contributed by atoms with E-state index >= 15 is 0 Å². The summed E-state index contributed by atoms with van der Waals surface area (Å²) in [5.41, 5.74) is 0.935. The molecular formula is C12H13Br5O2. The number of halogens is 5. The minimum absolute atomic E-state index is 0.111. The van der Waals surface area contributed by atoms with Gasteiger partial charge in [-0.1, -0.05) is 13.8 Å². The molecule has 0 heterocycles. The van der Waals surface area contributed by atoms with Crippen molar-refractivity contribution in [1.29, 1.82) is 0 Å². The number of rotatable bonds is 5. The fourth-order valence-corrected chi connectivity index (χ4v) is 4.67. The Morgan fingerprint density at radius 2 is 1.37 bits per heavy atom. The van der Waals surface area contributed by atoms with Gasteiger partial charge in [-0.05, 0) is 86.1 Å². The van der Waals surface area contributed by atoms with E-state index in [0.717, 1.165) is 34.3 Å². The van der Waals surface area contributed by atoms with E-state index in [2.05, 4.69) is 79.6 Å². The smallest absolute Gasteiger partial charge is 0.157 e. The number of hydrogen-bond donors (Lipinski definition) is 1. The molecule has 0 spiro atoms. The molecule has 0 aliphatic heterocycles. The average molecular weight is 589 g/mol. The molecule has 0 aromatic heterocycles. The zero-order valence-electron chi connectivity index (χ0n) is 10.3. The molecular weight excluding hydrogens is 576 g/mol. The van der Waals surface area contributed by atoms with Crippen molar-refractivity contribution in [2.24, 2.45) is 5.92 Å². The van der Waals surface area contributed by atoms with E-state index < -0.39 is 6.29 Å². The molecule has 1 aromatic rings. The van der Waals surface area contributed by atoms with Crippen LogP contribution in [0.2, 0.25) is 0 Å². The molecule has 0 amide bonds. The topological polar surface area (TPSA) is 29.5 Å². The molecule has 2 atom stereocenters. The monoisotopic (exact) mass is 584 g/mol. The fraction of sp³-hybridized carbons (Fsp3) is 0.500. The molecule has 19 heavy (non-hydrogen) atoms. The molecule has 0 radical (unpaired) electrons. The number of benzene rings is 1. The minimum Gasteiger partial charge on any atom is -0.368 e. The second kappa shape index (κ2) is 8.25. The molecule has 108 valence electrons. The van der Waals surface area contributed by atoms with E-state index in [1.54, 1.807) is 0 Å². The van der Waals surface area contributed by atoms with Gasteiger partial charge in [-0.25, -0.2) is 0 Å². The predicted octanol–water partition coefficient (Wildman–Crippen LogP) is 6.38. The summed E-state index contributed by atoms with van der Waals surface area (Å²) in [4.78, 5) is 0. The van der Waals surface area contributed by atoms with E-state index in [0.29, 0.717) is 6.61 Å². The maximum atomic E-state index is 9.87. The second-order valence-corrected chi connectivity index (χ2v) is 8.10. The highest BCUT2D eigenvalue weighted by atomic mass is 79.9. The lowest BCUT2D eigenvalue weighted by Gasteiger charge is -2.20. The first-order chi connectivity index (χ1) is 8.81. The molecule has 0 aliphatic carbocycles. The SMILES string of the molecule is CCC(C)C(O)OCc1c(Br)c(Br)c(Br)c(Br)c1Br. The van der Waals surface area contributed by atoms with E-state index in [1.165, 1.54) is 0 Å². The average Bonchev–Trinajstić information content (AvgIpc) is 2.41. The molecule has 0 saturated carbocycles. The first-order valence-electron chi connectivity index (χ1n) is 5.61. The van der Waals surface area contributed by atoms with E-state index in [-0.39, 0.29) is 5.92 Å². The lowest BCUT2D eigenvalue weighted by molar-refractivity contribution is -0.138. The quantitative estimate of drug-likeness (QED) is 0.246. The Hall–Kier alpha value is 1.54. The number of hydrogen-bond acceptors (Lipinski definition) is 2. The standard InChI is InChI=1S/C12H13Br5O2/c1-3-5(2)12(18)19-4-6-7(13)9(15)11(17)10(16)8(6)14/h5,12,18H,3-4H2,1-2H3. The summed E-state index contributed by atoms with van der Waals surface area (Å²) in [7, 11) is 0. The van der Waals surface area contributed by atoms with Crippen molar-refractivity contribution in [1.82, 2.24) is 0 Å². The van der Waals surface area contributed by atoms with Gasteiger partial charge in [-0.2, -0.15) is 0 Å². The van der Waals surface area contributed by atoms with Crippen molar-refractivity contribution in [3.05, 3.63) is 27.9 Å². The van der Waals surface area contributed by atoms with E-state index in [4.69, 9.17) is 4.74 Å². The van der Waals surface area contributed by atoms with Gasteiger partial charge in [0.1, 0.15) is 0 Å². The fourth-order valence-electron chi connectivity index (χ4n) is 1.31. The lowest BCUT2D eigenvalue weighted by Crippen LogP contribution is -2.20. The maximum Gasteiger partial charge on any atom is 0.157 e. The van der Waals surface area contributed by atoms with Crippen LogP contribution in [0.3, 0.4) is 0 Å². The van der Waals surface area contributed by atoms with Gasteiger partial charge in [0.25, 0.3) is 0 Å². The normalized spacial score (nSPS) is 14.5. The van der Waals surface area contributed by atoms with Crippen molar-refractivity contribution >= 4 is 79.6 Å². The van der Waals surface area contributed by atoms with Crippen LogP contribution in [-0.4, -0.2) is 11.4 Å². The summed E-state index contributed by atoms with van der Waals surface area (Å²) in [6.07, 6.45) is 0.113.